The lowest BCUT2D eigenvalue weighted by atomic mass is 9.75. The van der Waals surface area contributed by atoms with E-state index in [2.05, 4.69) is 10.6 Å². The van der Waals surface area contributed by atoms with Gasteiger partial charge in [0, 0.05) is 11.3 Å². The van der Waals surface area contributed by atoms with Crippen molar-refractivity contribution in [3.8, 4) is 0 Å². The number of hydrogen-bond donors (Lipinski definition) is 2. The van der Waals surface area contributed by atoms with Crippen LogP contribution < -0.4 is 10.6 Å². The summed E-state index contributed by atoms with van der Waals surface area (Å²) in [4.78, 5) is 25.9. The van der Waals surface area contributed by atoms with Gasteiger partial charge in [0.05, 0.1) is 34.6 Å². The summed E-state index contributed by atoms with van der Waals surface area (Å²) >= 11 is 12.8. The normalized spacial score (nSPS) is 23.3. The Morgan fingerprint density at radius 2 is 1.83 bits per heavy atom. The van der Waals surface area contributed by atoms with Crippen molar-refractivity contribution in [1.29, 1.82) is 0 Å². The molecule has 0 radical (unpaired) electrons. The zero-order valence-corrected chi connectivity index (χ0v) is 17.5. The van der Waals surface area contributed by atoms with E-state index in [1.54, 1.807) is 12.1 Å². The number of para-hydroxylation sites is 2. The van der Waals surface area contributed by atoms with Gasteiger partial charge in [-0.15, -0.1) is 0 Å². The Morgan fingerprint density at radius 3 is 2.55 bits per heavy atom. The van der Waals surface area contributed by atoms with E-state index in [1.165, 1.54) is 7.11 Å². The van der Waals surface area contributed by atoms with Crippen molar-refractivity contribution in [2.75, 3.05) is 17.7 Å². The van der Waals surface area contributed by atoms with Gasteiger partial charge in [0.2, 0.25) is 0 Å². The second kappa shape index (κ2) is 7.73. The number of anilines is 2. The standard InChI is InChI=1S/C22H20Cl2N2O3/c1-11-10-16-18(21(27)17(11)22(28)29-2)20(12-6-5-7-13(23)19(12)24)26-15-9-4-3-8-14(15)25-16/h3-9,11,17,20,25-26H,10H2,1-2H3/t11-,17-,20-/m1/s1. The molecule has 0 spiro atoms. The Hall–Kier alpha value is -2.50. The molecule has 1 aliphatic heterocycles. The lowest BCUT2D eigenvalue weighted by molar-refractivity contribution is -0.151. The fourth-order valence-corrected chi connectivity index (χ4v) is 4.53. The number of allylic oxidation sites excluding steroid dienone is 1. The van der Waals surface area contributed by atoms with Crippen LogP contribution in [0.2, 0.25) is 10.0 Å². The number of nitrogens with one attached hydrogen (secondary N) is 2. The fourth-order valence-electron chi connectivity index (χ4n) is 4.11. The van der Waals surface area contributed by atoms with Gasteiger partial charge in [0.25, 0.3) is 0 Å². The van der Waals surface area contributed by atoms with Crippen molar-refractivity contribution < 1.29 is 14.3 Å². The van der Waals surface area contributed by atoms with E-state index in [4.69, 9.17) is 27.9 Å². The molecule has 0 bridgehead atoms. The first-order chi connectivity index (χ1) is 13.9. The first-order valence-corrected chi connectivity index (χ1v) is 10.1. The van der Waals surface area contributed by atoms with Crippen LogP contribution in [-0.2, 0) is 14.3 Å². The van der Waals surface area contributed by atoms with E-state index in [-0.39, 0.29) is 11.7 Å². The second-order valence-corrected chi connectivity index (χ2v) is 8.11. The second-order valence-electron chi connectivity index (χ2n) is 7.33. The Morgan fingerprint density at radius 1 is 1.10 bits per heavy atom. The molecule has 2 aromatic rings. The topological polar surface area (TPSA) is 67.4 Å². The number of ketones is 1. The highest BCUT2D eigenvalue weighted by atomic mass is 35.5. The summed E-state index contributed by atoms with van der Waals surface area (Å²) in [7, 11) is 1.30. The van der Waals surface area contributed by atoms with Gasteiger partial charge in [-0.3, -0.25) is 9.59 Å². The summed E-state index contributed by atoms with van der Waals surface area (Å²) in [6.45, 7) is 1.89. The van der Waals surface area contributed by atoms with Crippen molar-refractivity contribution >= 4 is 46.3 Å². The third-order valence-corrected chi connectivity index (χ3v) is 6.35. The van der Waals surface area contributed by atoms with Crippen LogP contribution in [0.4, 0.5) is 11.4 Å². The van der Waals surface area contributed by atoms with Crippen molar-refractivity contribution in [2.24, 2.45) is 11.8 Å². The Balaban J connectivity index is 1.92. The number of benzene rings is 2. The van der Waals surface area contributed by atoms with Gasteiger partial charge in [0.15, 0.2) is 5.78 Å². The third kappa shape index (κ3) is 3.38. The minimum atomic E-state index is -0.857. The number of methoxy groups -OCH3 is 1. The summed E-state index contributed by atoms with van der Waals surface area (Å²) < 4.78 is 4.92. The van der Waals surface area contributed by atoms with Crippen molar-refractivity contribution in [2.45, 2.75) is 19.4 Å². The molecule has 0 amide bonds. The number of rotatable bonds is 2. The van der Waals surface area contributed by atoms with Gasteiger partial charge < -0.3 is 15.4 Å². The largest absolute Gasteiger partial charge is 0.468 e. The van der Waals surface area contributed by atoms with Crippen LogP contribution in [-0.4, -0.2) is 18.9 Å². The average Bonchev–Trinajstić information content (AvgIpc) is 2.86. The van der Waals surface area contributed by atoms with Crippen molar-refractivity contribution in [3.05, 3.63) is 69.3 Å². The van der Waals surface area contributed by atoms with Crippen LogP contribution in [0.3, 0.4) is 0 Å². The van der Waals surface area contributed by atoms with Crippen molar-refractivity contribution in [3.63, 3.8) is 0 Å². The third-order valence-electron chi connectivity index (χ3n) is 5.52. The molecule has 2 aliphatic rings. The summed E-state index contributed by atoms with van der Waals surface area (Å²) in [5, 5.41) is 7.61. The molecule has 0 saturated carbocycles. The maximum Gasteiger partial charge on any atom is 0.316 e. The molecule has 2 N–H and O–H groups in total. The van der Waals surface area contributed by atoms with Crippen LogP contribution in [0.15, 0.2) is 53.7 Å². The van der Waals surface area contributed by atoms with E-state index >= 15 is 0 Å². The zero-order chi connectivity index (χ0) is 20.7. The van der Waals surface area contributed by atoms with Crippen LogP contribution in [0.25, 0.3) is 0 Å². The molecule has 29 heavy (non-hydrogen) atoms. The van der Waals surface area contributed by atoms with Gasteiger partial charge in [-0.05, 0) is 36.1 Å². The molecule has 0 aromatic heterocycles. The number of esters is 1. The molecule has 1 aliphatic carbocycles. The summed E-state index contributed by atoms with van der Waals surface area (Å²) in [5.74, 6) is -1.84. The number of fused-ring (bicyclic) bond motifs is 1. The van der Waals surface area contributed by atoms with E-state index in [0.717, 1.165) is 17.1 Å². The summed E-state index contributed by atoms with van der Waals surface area (Å²) in [6, 6.07) is 12.5. The van der Waals surface area contributed by atoms with E-state index in [9.17, 15) is 9.59 Å². The maximum atomic E-state index is 13.5. The first-order valence-electron chi connectivity index (χ1n) is 9.34. The van der Waals surface area contributed by atoms with E-state index in [0.29, 0.717) is 27.6 Å². The molecule has 5 nitrogen and oxygen atoms in total. The Bertz CT molecular complexity index is 1030. The van der Waals surface area contributed by atoms with Gasteiger partial charge in [0.1, 0.15) is 5.92 Å². The van der Waals surface area contributed by atoms with Gasteiger partial charge in [-0.2, -0.15) is 0 Å². The van der Waals surface area contributed by atoms with Gasteiger partial charge >= 0.3 is 5.97 Å². The number of halogens is 2. The molecule has 0 fully saturated rings. The van der Waals surface area contributed by atoms with Crippen LogP contribution in [0.5, 0.6) is 0 Å². The van der Waals surface area contributed by atoms with Gasteiger partial charge in [-0.1, -0.05) is 54.4 Å². The quantitative estimate of drug-likeness (QED) is 0.504. The minimum absolute atomic E-state index is 0.193. The molecule has 1 heterocycles. The number of carbonyl (C=O) groups excluding carboxylic acids is 2. The maximum absolute atomic E-state index is 13.5. The average molecular weight is 431 g/mol. The number of Topliss-reactive ketones (excluding diaryl/α,β-unsaturated/α-hetero) is 1. The van der Waals surface area contributed by atoms with Crippen LogP contribution in [0.1, 0.15) is 24.9 Å². The lowest BCUT2D eigenvalue weighted by Gasteiger charge is -2.32. The highest BCUT2D eigenvalue weighted by molar-refractivity contribution is 6.42. The number of hydrogen-bond acceptors (Lipinski definition) is 5. The number of carbonyl (C=O) groups is 2. The Kier molecular flexibility index (Phi) is 5.28. The highest BCUT2D eigenvalue weighted by Crippen LogP contribution is 2.45. The predicted molar refractivity (Wildman–Crippen MR) is 114 cm³/mol. The SMILES string of the molecule is COC(=O)[C@H]1C(=O)C2=C(C[C@H]1C)Nc1ccccc1N[C@@H]2c1cccc(Cl)c1Cl. The lowest BCUT2D eigenvalue weighted by Crippen LogP contribution is -2.39. The number of ether oxygens (including phenoxy) is 1. The van der Waals surface area contributed by atoms with Gasteiger partial charge in [-0.25, -0.2) is 0 Å². The van der Waals surface area contributed by atoms with E-state index < -0.39 is 17.9 Å². The fraction of sp³-hybridized carbons (Fsp3) is 0.273. The zero-order valence-electron chi connectivity index (χ0n) is 16.0. The summed E-state index contributed by atoms with van der Waals surface area (Å²) in [6.07, 6.45) is 0.533. The van der Waals surface area contributed by atoms with Crippen molar-refractivity contribution in [1.82, 2.24) is 0 Å². The molecule has 0 saturated heterocycles. The smallest absolute Gasteiger partial charge is 0.316 e. The van der Waals surface area contributed by atoms with Crippen LogP contribution >= 0.6 is 23.2 Å². The molecular formula is C22H20Cl2N2O3. The molecule has 0 unspecified atom stereocenters. The molecule has 4 rings (SSSR count). The molecular weight excluding hydrogens is 411 g/mol. The molecule has 2 aromatic carbocycles. The minimum Gasteiger partial charge on any atom is -0.468 e. The van der Waals surface area contributed by atoms with E-state index in [1.807, 2.05) is 37.3 Å². The monoisotopic (exact) mass is 430 g/mol. The summed E-state index contributed by atoms with van der Waals surface area (Å²) in [5.41, 5.74) is 3.63. The molecule has 3 atom stereocenters. The van der Waals surface area contributed by atoms with Crippen LogP contribution in [0, 0.1) is 11.8 Å². The molecule has 150 valence electrons. The first kappa shape index (κ1) is 19.8. The predicted octanol–water partition coefficient (Wildman–Crippen LogP) is 5.22. The highest BCUT2D eigenvalue weighted by Gasteiger charge is 2.44. The Labute approximate surface area is 179 Å². The molecule has 7 heteroatoms.